The first kappa shape index (κ1) is 21.0. The summed E-state index contributed by atoms with van der Waals surface area (Å²) in [5, 5.41) is 11.3. The largest absolute Gasteiger partial charge is 0.432 e. The summed E-state index contributed by atoms with van der Waals surface area (Å²) in [4.78, 5) is 8.64. The molecular formula is C19H13Cl2F3N4OS. The quantitative estimate of drug-likeness (QED) is 0.519. The number of imidazole rings is 1. The second-order valence-corrected chi connectivity index (χ2v) is 8.31. The number of aromatic nitrogens is 2. The van der Waals surface area contributed by atoms with E-state index in [2.05, 4.69) is 16.0 Å². The predicted octanol–water partition coefficient (Wildman–Crippen LogP) is 5.84. The fourth-order valence-electron chi connectivity index (χ4n) is 3.21. The molecule has 156 valence electrons. The summed E-state index contributed by atoms with van der Waals surface area (Å²) in [6.07, 6.45) is -3.82. The Hall–Kier alpha value is -2.25. The average Bonchev–Trinajstić information content (AvgIpc) is 3.33. The number of hydrogen-bond acceptors (Lipinski definition) is 5. The second-order valence-electron chi connectivity index (χ2n) is 6.46. The molecule has 5 nitrogen and oxygen atoms in total. The molecule has 0 unspecified atom stereocenters. The van der Waals surface area contributed by atoms with Gasteiger partial charge < -0.3 is 14.6 Å². The molecule has 1 N–H and O–H groups in total. The van der Waals surface area contributed by atoms with Gasteiger partial charge >= 0.3 is 6.18 Å². The molecule has 4 rings (SSSR count). The number of nitriles is 1. The Labute approximate surface area is 183 Å². The number of halogens is 5. The minimum Gasteiger partial charge on any atom is -0.378 e. The number of rotatable bonds is 3. The fraction of sp³-hybridized carbons (Fsp3) is 0.263. The van der Waals surface area contributed by atoms with Crippen LogP contribution >= 0.6 is 34.5 Å². The van der Waals surface area contributed by atoms with Crippen molar-refractivity contribution in [1.82, 2.24) is 9.97 Å². The Morgan fingerprint density at radius 3 is 2.57 bits per heavy atom. The van der Waals surface area contributed by atoms with Gasteiger partial charge in [0, 0.05) is 34.3 Å². The first-order valence-corrected chi connectivity index (χ1v) is 10.3. The van der Waals surface area contributed by atoms with Gasteiger partial charge in [-0.3, -0.25) is 0 Å². The molecule has 1 aliphatic rings. The number of nitrogens with one attached hydrogen (secondary N) is 1. The van der Waals surface area contributed by atoms with Crippen molar-refractivity contribution in [1.29, 1.82) is 5.26 Å². The molecule has 0 radical (unpaired) electrons. The third-order valence-electron chi connectivity index (χ3n) is 4.60. The molecule has 2 aromatic heterocycles. The number of alkyl halides is 3. The SMILES string of the molecule is N#Cc1c(N2CCOCC2)sc(-c2ncc(C(F)(F)F)[nH]2)c1-c1ccc(Cl)cc1Cl. The number of thiophene rings is 1. The van der Waals surface area contributed by atoms with Gasteiger partial charge in [0.05, 0.1) is 29.9 Å². The summed E-state index contributed by atoms with van der Waals surface area (Å²) in [6, 6.07) is 6.99. The Balaban J connectivity index is 1.95. The van der Waals surface area contributed by atoms with E-state index in [1.807, 2.05) is 4.90 Å². The van der Waals surface area contributed by atoms with Crippen LogP contribution in [0.5, 0.6) is 0 Å². The molecule has 3 heterocycles. The number of aromatic amines is 1. The number of benzene rings is 1. The van der Waals surface area contributed by atoms with E-state index in [0.717, 1.165) is 6.20 Å². The van der Waals surface area contributed by atoms with Gasteiger partial charge in [0.25, 0.3) is 0 Å². The van der Waals surface area contributed by atoms with Crippen molar-refractivity contribution < 1.29 is 17.9 Å². The Bertz CT molecular complexity index is 1130. The van der Waals surface area contributed by atoms with E-state index < -0.39 is 11.9 Å². The topological polar surface area (TPSA) is 64.9 Å². The number of anilines is 1. The van der Waals surface area contributed by atoms with Crippen molar-refractivity contribution in [2.75, 3.05) is 31.2 Å². The maximum Gasteiger partial charge on any atom is 0.432 e. The van der Waals surface area contributed by atoms with Crippen LogP contribution in [-0.2, 0) is 10.9 Å². The number of morpholine rings is 1. The fourth-order valence-corrected chi connectivity index (χ4v) is 4.98. The highest BCUT2D eigenvalue weighted by Gasteiger charge is 2.34. The van der Waals surface area contributed by atoms with E-state index in [1.54, 1.807) is 12.1 Å². The third kappa shape index (κ3) is 3.88. The normalized spacial score (nSPS) is 14.7. The van der Waals surface area contributed by atoms with E-state index >= 15 is 0 Å². The molecule has 0 aliphatic carbocycles. The monoisotopic (exact) mass is 472 g/mol. The predicted molar refractivity (Wildman–Crippen MR) is 110 cm³/mol. The van der Waals surface area contributed by atoms with Gasteiger partial charge in [-0.25, -0.2) is 4.98 Å². The maximum atomic E-state index is 13.1. The Morgan fingerprint density at radius 1 is 1.23 bits per heavy atom. The van der Waals surface area contributed by atoms with Crippen LogP contribution in [0.1, 0.15) is 11.3 Å². The molecule has 30 heavy (non-hydrogen) atoms. The smallest absolute Gasteiger partial charge is 0.378 e. The van der Waals surface area contributed by atoms with Gasteiger partial charge in [-0.1, -0.05) is 29.3 Å². The van der Waals surface area contributed by atoms with Crippen LogP contribution < -0.4 is 4.90 Å². The van der Waals surface area contributed by atoms with Crippen LogP contribution in [0.25, 0.3) is 21.8 Å². The van der Waals surface area contributed by atoms with Gasteiger partial charge in [-0.15, -0.1) is 11.3 Å². The van der Waals surface area contributed by atoms with Crippen LogP contribution in [0.4, 0.5) is 18.2 Å². The zero-order chi connectivity index (χ0) is 21.5. The number of H-pyrrole nitrogens is 1. The molecule has 11 heteroatoms. The van der Waals surface area contributed by atoms with E-state index in [0.29, 0.717) is 57.9 Å². The van der Waals surface area contributed by atoms with Crippen LogP contribution in [0.2, 0.25) is 10.0 Å². The molecule has 1 aliphatic heterocycles. The summed E-state index contributed by atoms with van der Waals surface area (Å²) in [6.45, 7) is 2.12. The standard InChI is InChI=1S/C19H13Cl2F3N4OS/c20-10-1-2-11(13(21)7-10)15-12(8-25)18(28-3-5-29-6-4-28)30-16(15)17-26-9-14(27-17)19(22,23)24/h1-2,7,9H,3-6H2,(H,26,27). The number of ether oxygens (including phenoxy) is 1. The lowest BCUT2D eigenvalue weighted by Gasteiger charge is -2.27. The van der Waals surface area contributed by atoms with Crippen molar-refractivity contribution in [2.24, 2.45) is 0 Å². The summed E-state index contributed by atoms with van der Waals surface area (Å²) < 4.78 is 44.7. The van der Waals surface area contributed by atoms with Crippen molar-refractivity contribution in [3.8, 4) is 27.9 Å². The minimum atomic E-state index is -4.56. The lowest BCUT2D eigenvalue weighted by atomic mass is 10.0. The highest BCUT2D eigenvalue weighted by Crippen LogP contribution is 2.48. The summed E-state index contributed by atoms with van der Waals surface area (Å²) in [7, 11) is 0. The molecule has 0 bridgehead atoms. The number of nitrogens with zero attached hydrogens (tertiary/aromatic N) is 3. The summed E-state index contributed by atoms with van der Waals surface area (Å²) in [5.41, 5.74) is 0.277. The zero-order valence-corrected chi connectivity index (χ0v) is 17.5. The average molecular weight is 473 g/mol. The van der Waals surface area contributed by atoms with Gasteiger partial charge in [-0.2, -0.15) is 18.4 Å². The van der Waals surface area contributed by atoms with Gasteiger partial charge in [0.1, 0.15) is 22.6 Å². The van der Waals surface area contributed by atoms with Crippen molar-refractivity contribution in [2.45, 2.75) is 6.18 Å². The minimum absolute atomic E-state index is 0.0179. The van der Waals surface area contributed by atoms with Gasteiger partial charge in [-0.05, 0) is 12.1 Å². The Kier molecular flexibility index (Phi) is 5.68. The first-order valence-electron chi connectivity index (χ1n) is 8.77. The maximum absolute atomic E-state index is 13.1. The lowest BCUT2D eigenvalue weighted by Crippen LogP contribution is -2.36. The van der Waals surface area contributed by atoms with E-state index in [-0.39, 0.29) is 10.8 Å². The molecule has 3 aromatic rings. The first-order chi connectivity index (χ1) is 14.3. The van der Waals surface area contributed by atoms with E-state index in [9.17, 15) is 18.4 Å². The van der Waals surface area contributed by atoms with Crippen LogP contribution in [0.15, 0.2) is 24.4 Å². The van der Waals surface area contributed by atoms with Gasteiger partial charge in [0.2, 0.25) is 0 Å². The van der Waals surface area contributed by atoms with Crippen molar-refractivity contribution >= 4 is 39.5 Å². The molecule has 1 aromatic carbocycles. The highest BCUT2D eigenvalue weighted by atomic mass is 35.5. The highest BCUT2D eigenvalue weighted by molar-refractivity contribution is 7.20. The van der Waals surface area contributed by atoms with Gasteiger partial charge in [0.15, 0.2) is 0 Å². The van der Waals surface area contributed by atoms with Crippen molar-refractivity contribution in [3.63, 3.8) is 0 Å². The molecule has 1 saturated heterocycles. The van der Waals surface area contributed by atoms with Crippen LogP contribution in [0.3, 0.4) is 0 Å². The number of hydrogen-bond donors (Lipinski definition) is 1. The summed E-state index contributed by atoms with van der Waals surface area (Å²) in [5.74, 6) is 0.0179. The third-order valence-corrected chi connectivity index (χ3v) is 6.40. The molecule has 0 atom stereocenters. The molecule has 0 amide bonds. The van der Waals surface area contributed by atoms with E-state index in [1.165, 1.54) is 17.4 Å². The summed E-state index contributed by atoms with van der Waals surface area (Å²) >= 11 is 13.6. The van der Waals surface area contributed by atoms with Crippen molar-refractivity contribution in [3.05, 3.63) is 45.7 Å². The Morgan fingerprint density at radius 2 is 1.97 bits per heavy atom. The molecule has 0 spiro atoms. The molecule has 1 fully saturated rings. The molecular weight excluding hydrogens is 460 g/mol. The zero-order valence-electron chi connectivity index (χ0n) is 15.2. The van der Waals surface area contributed by atoms with E-state index in [4.69, 9.17) is 27.9 Å². The lowest BCUT2D eigenvalue weighted by molar-refractivity contribution is -0.140. The van der Waals surface area contributed by atoms with Crippen LogP contribution in [-0.4, -0.2) is 36.3 Å². The van der Waals surface area contributed by atoms with Crippen LogP contribution in [0, 0.1) is 11.3 Å². The second kappa shape index (κ2) is 8.12. The molecule has 0 saturated carbocycles.